The second-order valence-electron chi connectivity index (χ2n) is 3.55. The lowest BCUT2D eigenvalue weighted by Gasteiger charge is -1.97. The maximum Gasteiger partial charge on any atom is 0.229 e. The minimum atomic E-state index is 0.781. The van der Waals surface area contributed by atoms with Crippen molar-refractivity contribution in [2.75, 3.05) is 0 Å². The van der Waals surface area contributed by atoms with E-state index >= 15 is 0 Å². The Morgan fingerprint density at radius 1 is 0.933 bits per heavy atom. The summed E-state index contributed by atoms with van der Waals surface area (Å²) in [4.78, 5) is 0. The molecule has 0 unspecified atom stereocenters. The number of nitrogens with zero attached hydrogens (tertiary/aromatic N) is 1. The maximum atomic E-state index is 6.14. The zero-order valence-electron chi connectivity index (χ0n) is 8.02. The number of fused-ring (bicyclic) bond motifs is 2. The first-order valence-corrected chi connectivity index (χ1v) is 5.21. The van der Waals surface area contributed by atoms with Gasteiger partial charge in [0.1, 0.15) is 5.02 Å². The molecule has 0 saturated carbocycles. The predicted octanol–water partition coefficient (Wildman–Crippen LogP) is 3.23. The second-order valence-corrected chi connectivity index (χ2v) is 3.96. The van der Waals surface area contributed by atoms with E-state index < -0.39 is 0 Å². The van der Waals surface area contributed by atoms with Crippen molar-refractivity contribution >= 4 is 27.9 Å². The van der Waals surface area contributed by atoms with Crippen LogP contribution in [0.15, 0.2) is 54.9 Å². The number of hydrogen-bond acceptors (Lipinski definition) is 0. The number of hydrogen-bond donors (Lipinski definition) is 0. The van der Waals surface area contributed by atoms with Crippen LogP contribution in [0.25, 0.3) is 16.3 Å². The summed E-state index contributed by atoms with van der Waals surface area (Å²) in [5.74, 6) is 0. The first-order valence-electron chi connectivity index (χ1n) is 4.83. The summed E-state index contributed by atoms with van der Waals surface area (Å²) in [6.07, 6.45) is 4.10. The average molecular weight is 215 g/mol. The molecule has 1 aromatic carbocycles. The fraction of sp³-hybridized carbons (Fsp3) is 0. The third-order valence-corrected chi connectivity index (χ3v) is 2.90. The molecule has 0 aliphatic rings. The van der Waals surface area contributed by atoms with E-state index in [4.69, 9.17) is 11.6 Å². The molecule has 2 heterocycles. The molecule has 3 rings (SSSR count). The van der Waals surface area contributed by atoms with Crippen molar-refractivity contribution in [1.29, 1.82) is 0 Å². The summed E-state index contributed by atoms with van der Waals surface area (Å²) in [5, 5.41) is 3.21. The molecule has 0 atom stereocenters. The Kier molecular flexibility index (Phi) is 1.86. The van der Waals surface area contributed by atoms with E-state index in [-0.39, 0.29) is 0 Å². The molecule has 1 nitrogen and oxygen atoms in total. The third kappa shape index (κ3) is 1.36. The van der Waals surface area contributed by atoms with Crippen molar-refractivity contribution in [2.24, 2.45) is 0 Å². The van der Waals surface area contributed by atoms with E-state index in [0.29, 0.717) is 0 Å². The summed E-state index contributed by atoms with van der Waals surface area (Å²) in [7, 11) is 0. The normalized spacial score (nSPS) is 11.0. The fourth-order valence-electron chi connectivity index (χ4n) is 1.82. The quantitative estimate of drug-likeness (QED) is 0.400. The highest BCUT2D eigenvalue weighted by atomic mass is 35.5. The molecule has 0 aliphatic heterocycles. The van der Waals surface area contributed by atoms with Gasteiger partial charge in [-0.1, -0.05) is 29.8 Å². The molecule has 2 heteroatoms. The number of pyridine rings is 2. The first kappa shape index (κ1) is 8.69. The molecular weight excluding hydrogens is 206 g/mol. The first-order chi connectivity index (χ1) is 7.34. The van der Waals surface area contributed by atoms with Crippen LogP contribution in [0.3, 0.4) is 0 Å². The molecule has 0 radical (unpaired) electrons. The van der Waals surface area contributed by atoms with E-state index in [0.717, 1.165) is 10.5 Å². The molecule has 0 bridgehead atoms. The van der Waals surface area contributed by atoms with Crippen LogP contribution < -0.4 is 4.40 Å². The van der Waals surface area contributed by atoms with Gasteiger partial charge in [-0.3, -0.25) is 0 Å². The largest absolute Gasteiger partial charge is 0.229 e. The lowest BCUT2D eigenvalue weighted by Crippen LogP contribution is -2.20. The number of halogens is 1. The van der Waals surface area contributed by atoms with Crippen LogP contribution >= 0.6 is 11.6 Å². The van der Waals surface area contributed by atoms with Crippen molar-refractivity contribution in [1.82, 2.24) is 0 Å². The Balaban J connectivity index is 2.53. The molecule has 0 spiro atoms. The minimum absolute atomic E-state index is 0.781. The summed E-state index contributed by atoms with van der Waals surface area (Å²) in [6.45, 7) is 0. The van der Waals surface area contributed by atoms with Gasteiger partial charge in [0.05, 0.1) is 0 Å². The molecule has 0 amide bonds. The summed E-state index contributed by atoms with van der Waals surface area (Å²) >= 11 is 6.14. The topological polar surface area (TPSA) is 4.10 Å². The molecular formula is C13H9ClN+. The van der Waals surface area contributed by atoms with Crippen molar-refractivity contribution in [3.05, 3.63) is 59.9 Å². The molecule has 0 fully saturated rings. The van der Waals surface area contributed by atoms with E-state index in [2.05, 4.69) is 24.4 Å². The highest BCUT2D eigenvalue weighted by Crippen LogP contribution is 2.18. The van der Waals surface area contributed by atoms with Gasteiger partial charge in [-0.2, -0.15) is 4.40 Å². The zero-order valence-corrected chi connectivity index (χ0v) is 8.78. The van der Waals surface area contributed by atoms with Gasteiger partial charge in [-0.05, 0) is 17.5 Å². The molecule has 0 saturated heterocycles. The lowest BCUT2D eigenvalue weighted by molar-refractivity contribution is -0.510. The Morgan fingerprint density at radius 2 is 1.73 bits per heavy atom. The molecule has 0 N–H and O–H groups in total. The van der Waals surface area contributed by atoms with Gasteiger partial charge in [-0.15, -0.1) is 0 Å². The standard InChI is InChI=1S/C13H9ClN/c14-12-6-3-7-15-9-11-5-2-1-4-10(11)8-13(12)15/h1-9H/q+1. The van der Waals surface area contributed by atoms with Crippen molar-refractivity contribution in [3.63, 3.8) is 0 Å². The van der Waals surface area contributed by atoms with Gasteiger partial charge in [0.25, 0.3) is 0 Å². The molecule has 0 aliphatic carbocycles. The van der Waals surface area contributed by atoms with E-state index in [1.165, 1.54) is 10.8 Å². The van der Waals surface area contributed by atoms with Gasteiger partial charge in [0.2, 0.25) is 5.52 Å². The van der Waals surface area contributed by atoms with Crippen LogP contribution in [0.4, 0.5) is 0 Å². The maximum absolute atomic E-state index is 6.14. The summed E-state index contributed by atoms with van der Waals surface area (Å²) in [6, 6.07) is 14.2. The van der Waals surface area contributed by atoms with E-state index in [1.807, 2.05) is 34.9 Å². The average Bonchev–Trinajstić information content (AvgIpc) is 2.27. The Morgan fingerprint density at radius 3 is 2.60 bits per heavy atom. The van der Waals surface area contributed by atoms with Gasteiger partial charge >= 0.3 is 0 Å². The molecule has 2 aromatic heterocycles. The van der Waals surface area contributed by atoms with Crippen LogP contribution in [-0.2, 0) is 0 Å². The lowest BCUT2D eigenvalue weighted by atomic mass is 10.1. The Hall–Kier alpha value is -1.60. The van der Waals surface area contributed by atoms with Crippen LogP contribution in [0.2, 0.25) is 5.02 Å². The monoisotopic (exact) mass is 214 g/mol. The van der Waals surface area contributed by atoms with Crippen LogP contribution in [0.1, 0.15) is 0 Å². The summed E-state index contributed by atoms with van der Waals surface area (Å²) in [5.41, 5.74) is 1.04. The highest BCUT2D eigenvalue weighted by molar-refractivity contribution is 6.33. The van der Waals surface area contributed by atoms with Crippen molar-refractivity contribution < 1.29 is 4.40 Å². The van der Waals surface area contributed by atoms with Gasteiger partial charge in [-0.25, -0.2) is 0 Å². The zero-order chi connectivity index (χ0) is 10.3. The van der Waals surface area contributed by atoms with Gasteiger partial charge < -0.3 is 0 Å². The SMILES string of the molecule is Clc1ccc[n+]2cc3ccccc3cc12. The molecule has 15 heavy (non-hydrogen) atoms. The highest BCUT2D eigenvalue weighted by Gasteiger charge is 2.07. The van der Waals surface area contributed by atoms with E-state index in [1.54, 1.807) is 0 Å². The Labute approximate surface area is 92.5 Å². The minimum Gasteiger partial charge on any atom is -0.165 e. The van der Waals surface area contributed by atoms with E-state index in [9.17, 15) is 0 Å². The second kappa shape index (κ2) is 3.21. The van der Waals surface area contributed by atoms with Crippen LogP contribution in [0.5, 0.6) is 0 Å². The number of aromatic nitrogens is 1. The van der Waals surface area contributed by atoms with Crippen molar-refractivity contribution in [3.8, 4) is 0 Å². The van der Waals surface area contributed by atoms with Gasteiger partial charge in [0, 0.05) is 17.5 Å². The van der Waals surface area contributed by atoms with Crippen LogP contribution in [0, 0.1) is 0 Å². The van der Waals surface area contributed by atoms with Crippen molar-refractivity contribution in [2.45, 2.75) is 0 Å². The Bertz CT molecular complexity index is 646. The third-order valence-electron chi connectivity index (χ3n) is 2.58. The smallest absolute Gasteiger partial charge is 0.165 e. The molecule has 72 valence electrons. The number of benzene rings is 1. The van der Waals surface area contributed by atoms with Crippen LogP contribution in [-0.4, -0.2) is 0 Å². The predicted molar refractivity (Wildman–Crippen MR) is 62.1 cm³/mol. The fourth-order valence-corrected chi connectivity index (χ4v) is 2.05. The number of rotatable bonds is 0. The summed E-state index contributed by atoms with van der Waals surface area (Å²) < 4.78 is 2.05. The van der Waals surface area contributed by atoms with Gasteiger partial charge in [0.15, 0.2) is 12.4 Å². The molecule has 3 aromatic rings.